The molecule has 26 heavy (non-hydrogen) atoms. The molecule has 1 aliphatic heterocycles. The van der Waals surface area contributed by atoms with E-state index in [1.54, 1.807) is 13.3 Å². The maximum absolute atomic E-state index is 6.21. The molecule has 1 aromatic heterocycles. The van der Waals surface area contributed by atoms with Crippen molar-refractivity contribution in [2.45, 2.75) is 19.1 Å². The zero-order chi connectivity index (χ0) is 17.9. The van der Waals surface area contributed by atoms with E-state index in [0.29, 0.717) is 5.82 Å². The van der Waals surface area contributed by atoms with Gasteiger partial charge in [-0.2, -0.15) is 0 Å². The maximum atomic E-state index is 6.21. The van der Waals surface area contributed by atoms with E-state index in [-0.39, 0.29) is 6.10 Å². The number of rotatable bonds is 5. The van der Waals surface area contributed by atoms with Crippen molar-refractivity contribution in [3.05, 3.63) is 60.3 Å². The second-order valence-electron chi connectivity index (χ2n) is 6.69. The number of methoxy groups -OCH3 is 1. The predicted octanol–water partition coefficient (Wildman–Crippen LogP) is 3.48. The van der Waals surface area contributed by atoms with E-state index in [4.69, 9.17) is 15.2 Å². The SMILES string of the molecule is COc1cccc(CN2CC[C@H](Oc3ccc4c(N)nccc4c3)C2)c1. The Morgan fingerprint density at radius 2 is 2.08 bits per heavy atom. The number of hydrogen-bond acceptors (Lipinski definition) is 5. The van der Waals surface area contributed by atoms with Gasteiger partial charge in [0.25, 0.3) is 0 Å². The zero-order valence-electron chi connectivity index (χ0n) is 14.9. The summed E-state index contributed by atoms with van der Waals surface area (Å²) in [5, 5.41) is 2.02. The van der Waals surface area contributed by atoms with Gasteiger partial charge in [-0.3, -0.25) is 4.90 Å². The van der Waals surface area contributed by atoms with Crippen LogP contribution in [0.4, 0.5) is 5.82 Å². The second-order valence-corrected chi connectivity index (χ2v) is 6.69. The molecule has 1 fully saturated rings. The van der Waals surface area contributed by atoms with Gasteiger partial charge in [-0.25, -0.2) is 4.98 Å². The first kappa shape index (κ1) is 16.7. The maximum Gasteiger partial charge on any atom is 0.131 e. The summed E-state index contributed by atoms with van der Waals surface area (Å²) in [4.78, 5) is 6.54. The number of likely N-dealkylation sites (tertiary alicyclic amines) is 1. The van der Waals surface area contributed by atoms with Crippen LogP contribution in [0.15, 0.2) is 54.7 Å². The third-order valence-corrected chi connectivity index (χ3v) is 4.84. The molecule has 2 heterocycles. The van der Waals surface area contributed by atoms with Crippen LogP contribution in [0.2, 0.25) is 0 Å². The van der Waals surface area contributed by atoms with Crippen LogP contribution in [0.25, 0.3) is 10.8 Å². The normalized spacial score (nSPS) is 17.5. The molecular weight excluding hydrogens is 326 g/mol. The van der Waals surface area contributed by atoms with Gasteiger partial charge in [0, 0.05) is 31.2 Å². The number of hydrogen-bond donors (Lipinski definition) is 1. The second kappa shape index (κ2) is 7.22. The lowest BCUT2D eigenvalue weighted by molar-refractivity contribution is 0.198. The fraction of sp³-hybridized carbons (Fsp3) is 0.286. The Bertz CT molecular complexity index is 913. The van der Waals surface area contributed by atoms with Crippen LogP contribution in [-0.4, -0.2) is 36.2 Å². The number of nitrogen functional groups attached to an aromatic ring is 1. The van der Waals surface area contributed by atoms with Crippen molar-refractivity contribution >= 4 is 16.6 Å². The molecule has 1 atom stereocenters. The van der Waals surface area contributed by atoms with Crippen molar-refractivity contribution in [3.8, 4) is 11.5 Å². The Labute approximate surface area is 153 Å². The van der Waals surface area contributed by atoms with E-state index in [9.17, 15) is 0 Å². The van der Waals surface area contributed by atoms with Crippen molar-refractivity contribution in [2.75, 3.05) is 25.9 Å². The van der Waals surface area contributed by atoms with E-state index in [1.165, 1.54) is 5.56 Å². The predicted molar refractivity (Wildman–Crippen MR) is 103 cm³/mol. The number of benzene rings is 2. The van der Waals surface area contributed by atoms with E-state index < -0.39 is 0 Å². The minimum absolute atomic E-state index is 0.206. The number of pyridine rings is 1. The fourth-order valence-electron chi connectivity index (χ4n) is 3.51. The van der Waals surface area contributed by atoms with Gasteiger partial charge in [0.1, 0.15) is 23.4 Å². The zero-order valence-corrected chi connectivity index (χ0v) is 14.9. The Balaban J connectivity index is 1.39. The molecule has 134 valence electrons. The quantitative estimate of drug-likeness (QED) is 0.764. The standard InChI is InChI=1S/C21H23N3O2/c1-25-17-4-2-3-15(11-17)13-24-10-8-19(14-24)26-18-5-6-20-16(12-18)7-9-23-21(20)22/h2-7,9,11-12,19H,8,10,13-14H2,1H3,(H2,22,23)/t19-/m0/s1. The first-order valence-corrected chi connectivity index (χ1v) is 8.87. The number of ether oxygens (including phenoxy) is 2. The molecule has 0 radical (unpaired) electrons. The molecule has 1 aliphatic rings. The Kier molecular flexibility index (Phi) is 4.63. The number of aromatic nitrogens is 1. The van der Waals surface area contributed by atoms with Crippen LogP contribution in [-0.2, 0) is 6.54 Å². The summed E-state index contributed by atoms with van der Waals surface area (Å²) in [6.07, 6.45) is 2.96. The lowest BCUT2D eigenvalue weighted by Crippen LogP contribution is -2.24. The molecule has 3 aromatic rings. The number of fused-ring (bicyclic) bond motifs is 1. The summed E-state index contributed by atoms with van der Waals surface area (Å²) in [6, 6.07) is 16.2. The van der Waals surface area contributed by atoms with E-state index in [1.807, 2.05) is 36.4 Å². The summed E-state index contributed by atoms with van der Waals surface area (Å²) in [7, 11) is 1.70. The van der Waals surface area contributed by atoms with Gasteiger partial charge in [0.2, 0.25) is 0 Å². The Morgan fingerprint density at radius 3 is 2.96 bits per heavy atom. The highest BCUT2D eigenvalue weighted by Crippen LogP contribution is 2.26. The molecule has 2 N–H and O–H groups in total. The lowest BCUT2D eigenvalue weighted by Gasteiger charge is -2.17. The molecule has 4 rings (SSSR count). The van der Waals surface area contributed by atoms with E-state index >= 15 is 0 Å². The van der Waals surface area contributed by atoms with Crippen LogP contribution < -0.4 is 15.2 Å². The van der Waals surface area contributed by atoms with Crippen LogP contribution in [0, 0.1) is 0 Å². The first-order chi connectivity index (χ1) is 12.7. The van der Waals surface area contributed by atoms with Crippen molar-refractivity contribution in [1.82, 2.24) is 9.88 Å². The molecule has 1 saturated heterocycles. The lowest BCUT2D eigenvalue weighted by atomic mass is 10.1. The van der Waals surface area contributed by atoms with Gasteiger partial charge >= 0.3 is 0 Å². The fourth-order valence-corrected chi connectivity index (χ4v) is 3.51. The molecule has 5 nitrogen and oxygen atoms in total. The Morgan fingerprint density at radius 1 is 1.15 bits per heavy atom. The monoisotopic (exact) mass is 349 g/mol. The van der Waals surface area contributed by atoms with Gasteiger partial charge in [-0.1, -0.05) is 12.1 Å². The van der Waals surface area contributed by atoms with Gasteiger partial charge in [-0.05, 0) is 53.8 Å². The highest BCUT2D eigenvalue weighted by molar-refractivity contribution is 5.91. The van der Waals surface area contributed by atoms with Crippen molar-refractivity contribution in [1.29, 1.82) is 0 Å². The molecular formula is C21H23N3O2. The van der Waals surface area contributed by atoms with Crippen molar-refractivity contribution in [2.24, 2.45) is 0 Å². The highest BCUT2D eigenvalue weighted by atomic mass is 16.5. The molecule has 0 bridgehead atoms. The molecule has 0 spiro atoms. The van der Waals surface area contributed by atoms with Gasteiger partial charge in [0.15, 0.2) is 0 Å². The van der Waals surface area contributed by atoms with E-state index in [0.717, 1.165) is 48.3 Å². The van der Waals surface area contributed by atoms with Gasteiger partial charge < -0.3 is 15.2 Å². The van der Waals surface area contributed by atoms with E-state index in [2.05, 4.69) is 22.0 Å². The minimum atomic E-state index is 0.206. The number of anilines is 1. The largest absolute Gasteiger partial charge is 0.497 e. The van der Waals surface area contributed by atoms with Crippen LogP contribution in [0.3, 0.4) is 0 Å². The first-order valence-electron chi connectivity index (χ1n) is 8.87. The van der Waals surface area contributed by atoms with Gasteiger partial charge in [-0.15, -0.1) is 0 Å². The third kappa shape index (κ3) is 3.58. The average Bonchev–Trinajstić information content (AvgIpc) is 3.09. The highest BCUT2D eigenvalue weighted by Gasteiger charge is 2.24. The summed E-state index contributed by atoms with van der Waals surface area (Å²) in [5.74, 6) is 2.34. The van der Waals surface area contributed by atoms with Gasteiger partial charge in [0.05, 0.1) is 7.11 Å². The minimum Gasteiger partial charge on any atom is -0.497 e. The molecule has 0 saturated carbocycles. The van der Waals surface area contributed by atoms with Crippen LogP contribution in [0.5, 0.6) is 11.5 Å². The van der Waals surface area contributed by atoms with Crippen molar-refractivity contribution < 1.29 is 9.47 Å². The smallest absolute Gasteiger partial charge is 0.131 e. The molecule has 2 aromatic carbocycles. The number of nitrogens with two attached hydrogens (primary N) is 1. The third-order valence-electron chi connectivity index (χ3n) is 4.84. The van der Waals surface area contributed by atoms with Crippen molar-refractivity contribution in [3.63, 3.8) is 0 Å². The average molecular weight is 349 g/mol. The topological polar surface area (TPSA) is 60.6 Å². The molecule has 0 aliphatic carbocycles. The van der Waals surface area contributed by atoms with Crippen LogP contribution >= 0.6 is 0 Å². The summed E-state index contributed by atoms with van der Waals surface area (Å²) < 4.78 is 11.5. The Hall–Kier alpha value is -2.79. The molecule has 0 unspecified atom stereocenters. The van der Waals surface area contributed by atoms with Crippen LogP contribution in [0.1, 0.15) is 12.0 Å². The summed E-state index contributed by atoms with van der Waals surface area (Å²) in [5.41, 5.74) is 7.18. The molecule has 0 amide bonds. The summed E-state index contributed by atoms with van der Waals surface area (Å²) >= 11 is 0. The molecule has 5 heteroatoms. The summed E-state index contributed by atoms with van der Waals surface area (Å²) in [6.45, 7) is 2.87. The number of nitrogens with zero attached hydrogens (tertiary/aromatic N) is 2.